The van der Waals surface area contributed by atoms with Crippen LogP contribution < -0.4 is 5.73 Å². The molecule has 2 rings (SSSR count). The van der Waals surface area contributed by atoms with Gasteiger partial charge in [-0.1, -0.05) is 18.2 Å². The van der Waals surface area contributed by atoms with Gasteiger partial charge in [0.05, 0.1) is 6.04 Å². The van der Waals surface area contributed by atoms with Crippen molar-refractivity contribution >= 4 is 11.8 Å². The molecule has 5 heteroatoms. The Morgan fingerprint density at radius 3 is 2.79 bits per heavy atom. The summed E-state index contributed by atoms with van der Waals surface area (Å²) in [6, 6.07) is 7.82. The van der Waals surface area contributed by atoms with Gasteiger partial charge in [-0.2, -0.15) is 4.98 Å². The highest BCUT2D eigenvalue weighted by molar-refractivity contribution is 7.99. The minimum absolute atomic E-state index is 0.284. The standard InChI is InChI=1S/C14H17N3OS/c1-3-5-12(15)14-16-13(17-18-14)10-6-8-11(9-7-10)19-4-2/h3,6-9,12H,1,4-5,15H2,2H3. The number of nitrogens with two attached hydrogens (primary N) is 1. The number of hydrogen-bond acceptors (Lipinski definition) is 5. The summed E-state index contributed by atoms with van der Waals surface area (Å²) >= 11 is 1.80. The molecule has 4 nitrogen and oxygen atoms in total. The van der Waals surface area contributed by atoms with Gasteiger partial charge in [-0.25, -0.2) is 0 Å². The van der Waals surface area contributed by atoms with Crippen LogP contribution in [0.1, 0.15) is 25.3 Å². The molecule has 100 valence electrons. The first-order valence-electron chi connectivity index (χ1n) is 6.18. The Balaban J connectivity index is 2.15. The third kappa shape index (κ3) is 3.45. The van der Waals surface area contributed by atoms with E-state index in [9.17, 15) is 0 Å². The first kappa shape index (κ1) is 13.8. The van der Waals surface area contributed by atoms with Gasteiger partial charge in [-0.05, 0) is 36.4 Å². The molecule has 0 saturated carbocycles. The second kappa shape index (κ2) is 6.54. The molecule has 2 N–H and O–H groups in total. The molecule has 1 heterocycles. The lowest BCUT2D eigenvalue weighted by Crippen LogP contribution is -2.09. The van der Waals surface area contributed by atoms with Crippen molar-refractivity contribution in [3.63, 3.8) is 0 Å². The van der Waals surface area contributed by atoms with Gasteiger partial charge < -0.3 is 10.3 Å². The van der Waals surface area contributed by atoms with Crippen LogP contribution in [-0.4, -0.2) is 15.9 Å². The Morgan fingerprint density at radius 1 is 1.42 bits per heavy atom. The first-order valence-corrected chi connectivity index (χ1v) is 7.16. The lowest BCUT2D eigenvalue weighted by molar-refractivity contribution is 0.356. The summed E-state index contributed by atoms with van der Waals surface area (Å²) in [5, 5.41) is 3.96. The average molecular weight is 275 g/mol. The van der Waals surface area contributed by atoms with E-state index in [1.54, 1.807) is 17.8 Å². The summed E-state index contributed by atoms with van der Waals surface area (Å²) < 4.78 is 5.17. The second-order valence-corrected chi connectivity index (χ2v) is 5.38. The molecule has 1 atom stereocenters. The van der Waals surface area contributed by atoms with E-state index in [4.69, 9.17) is 10.3 Å². The molecular formula is C14H17N3OS. The van der Waals surface area contributed by atoms with Crippen molar-refractivity contribution in [2.45, 2.75) is 24.3 Å². The van der Waals surface area contributed by atoms with Crippen molar-refractivity contribution in [2.75, 3.05) is 5.75 Å². The van der Waals surface area contributed by atoms with E-state index in [-0.39, 0.29) is 6.04 Å². The van der Waals surface area contributed by atoms with Crippen LogP contribution >= 0.6 is 11.8 Å². The summed E-state index contributed by atoms with van der Waals surface area (Å²) in [6.07, 6.45) is 2.36. The smallest absolute Gasteiger partial charge is 0.244 e. The summed E-state index contributed by atoms with van der Waals surface area (Å²) in [7, 11) is 0. The van der Waals surface area contributed by atoms with Gasteiger partial charge in [0.15, 0.2) is 0 Å². The highest BCUT2D eigenvalue weighted by Crippen LogP contribution is 2.23. The average Bonchev–Trinajstić information content (AvgIpc) is 2.90. The van der Waals surface area contributed by atoms with E-state index < -0.39 is 0 Å². The van der Waals surface area contributed by atoms with Crippen molar-refractivity contribution in [3.8, 4) is 11.4 Å². The highest BCUT2D eigenvalue weighted by Gasteiger charge is 2.14. The summed E-state index contributed by atoms with van der Waals surface area (Å²) in [5.41, 5.74) is 6.82. The highest BCUT2D eigenvalue weighted by atomic mass is 32.2. The quantitative estimate of drug-likeness (QED) is 0.646. The molecular weight excluding hydrogens is 258 g/mol. The van der Waals surface area contributed by atoms with E-state index in [1.165, 1.54) is 4.90 Å². The van der Waals surface area contributed by atoms with Crippen LogP contribution in [0.25, 0.3) is 11.4 Å². The molecule has 2 aromatic rings. The van der Waals surface area contributed by atoms with E-state index in [0.29, 0.717) is 18.1 Å². The molecule has 0 aliphatic heterocycles. The predicted molar refractivity (Wildman–Crippen MR) is 77.9 cm³/mol. The van der Waals surface area contributed by atoms with Crippen molar-refractivity contribution in [2.24, 2.45) is 5.73 Å². The van der Waals surface area contributed by atoms with Crippen molar-refractivity contribution in [1.29, 1.82) is 0 Å². The molecule has 1 unspecified atom stereocenters. The lowest BCUT2D eigenvalue weighted by atomic mass is 10.2. The monoisotopic (exact) mass is 275 g/mol. The van der Waals surface area contributed by atoms with Crippen LogP contribution in [0.4, 0.5) is 0 Å². The third-order valence-corrected chi connectivity index (χ3v) is 3.50. The van der Waals surface area contributed by atoms with Crippen LogP contribution in [0.2, 0.25) is 0 Å². The van der Waals surface area contributed by atoms with Crippen LogP contribution in [-0.2, 0) is 0 Å². The van der Waals surface area contributed by atoms with Crippen LogP contribution in [0, 0.1) is 0 Å². The number of nitrogens with zero attached hydrogens (tertiary/aromatic N) is 2. The van der Waals surface area contributed by atoms with E-state index in [2.05, 4.69) is 35.8 Å². The molecule has 1 aromatic carbocycles. The number of aromatic nitrogens is 2. The Labute approximate surface area is 117 Å². The molecule has 0 spiro atoms. The van der Waals surface area contributed by atoms with Gasteiger partial charge >= 0.3 is 0 Å². The van der Waals surface area contributed by atoms with Crippen molar-refractivity contribution in [3.05, 3.63) is 42.8 Å². The normalized spacial score (nSPS) is 12.3. The molecule has 0 aliphatic carbocycles. The topological polar surface area (TPSA) is 64.9 Å². The molecule has 0 aliphatic rings. The van der Waals surface area contributed by atoms with Crippen LogP contribution in [0.3, 0.4) is 0 Å². The van der Waals surface area contributed by atoms with Gasteiger partial charge in [-0.15, -0.1) is 18.3 Å². The van der Waals surface area contributed by atoms with Crippen LogP contribution in [0.5, 0.6) is 0 Å². The van der Waals surface area contributed by atoms with E-state index in [0.717, 1.165) is 11.3 Å². The zero-order valence-electron chi connectivity index (χ0n) is 10.9. The minimum Gasteiger partial charge on any atom is -0.337 e. The zero-order valence-corrected chi connectivity index (χ0v) is 11.7. The fraction of sp³-hybridized carbons (Fsp3) is 0.286. The maximum absolute atomic E-state index is 5.89. The van der Waals surface area contributed by atoms with Crippen molar-refractivity contribution < 1.29 is 4.52 Å². The maximum atomic E-state index is 5.89. The number of hydrogen-bond donors (Lipinski definition) is 1. The molecule has 19 heavy (non-hydrogen) atoms. The van der Waals surface area contributed by atoms with Gasteiger partial charge in [-0.3, -0.25) is 0 Å². The fourth-order valence-electron chi connectivity index (χ4n) is 1.65. The summed E-state index contributed by atoms with van der Waals surface area (Å²) in [5.74, 6) is 2.08. The van der Waals surface area contributed by atoms with Crippen molar-refractivity contribution in [1.82, 2.24) is 10.1 Å². The Bertz CT molecular complexity index is 536. The zero-order chi connectivity index (χ0) is 13.7. The Kier molecular flexibility index (Phi) is 4.76. The second-order valence-electron chi connectivity index (χ2n) is 4.04. The van der Waals surface area contributed by atoms with E-state index >= 15 is 0 Å². The molecule has 0 saturated heterocycles. The SMILES string of the molecule is C=CCC(N)c1nc(-c2ccc(SCC)cc2)no1. The number of benzene rings is 1. The molecule has 0 radical (unpaired) electrons. The van der Waals surface area contributed by atoms with Gasteiger partial charge in [0.2, 0.25) is 11.7 Å². The third-order valence-electron chi connectivity index (χ3n) is 2.60. The summed E-state index contributed by atoms with van der Waals surface area (Å²) in [4.78, 5) is 5.55. The van der Waals surface area contributed by atoms with Gasteiger partial charge in [0, 0.05) is 10.5 Å². The molecule has 0 fully saturated rings. The molecule has 0 bridgehead atoms. The predicted octanol–water partition coefficient (Wildman–Crippen LogP) is 3.42. The van der Waals surface area contributed by atoms with Crippen LogP contribution in [0.15, 0.2) is 46.3 Å². The Morgan fingerprint density at radius 2 is 2.16 bits per heavy atom. The lowest BCUT2D eigenvalue weighted by Gasteiger charge is -2.00. The largest absolute Gasteiger partial charge is 0.337 e. The molecule has 1 aromatic heterocycles. The van der Waals surface area contributed by atoms with E-state index in [1.807, 2.05) is 12.1 Å². The van der Waals surface area contributed by atoms with Gasteiger partial charge in [0.1, 0.15) is 0 Å². The minimum atomic E-state index is -0.284. The van der Waals surface area contributed by atoms with Gasteiger partial charge in [0.25, 0.3) is 0 Å². The Hall–Kier alpha value is -1.59. The number of rotatable bonds is 6. The first-order chi connectivity index (χ1) is 9.24. The maximum Gasteiger partial charge on any atom is 0.244 e. The fourth-order valence-corrected chi connectivity index (χ4v) is 2.31. The molecule has 0 amide bonds. The summed E-state index contributed by atoms with van der Waals surface area (Å²) in [6.45, 7) is 5.78. The number of thioether (sulfide) groups is 1.